The predicted octanol–water partition coefficient (Wildman–Crippen LogP) is 3.11. The maximum absolute atomic E-state index is 12.2. The Labute approximate surface area is 122 Å². The SMILES string of the molecule is CN(C)C(=O)C1(c2cc(-c3ccc(Cl)cc3)on2)CC1. The average Bonchev–Trinajstić information content (AvgIpc) is 3.09. The number of amides is 1. The summed E-state index contributed by atoms with van der Waals surface area (Å²) >= 11 is 5.87. The highest BCUT2D eigenvalue weighted by Crippen LogP contribution is 2.49. The number of likely N-dealkylation sites (N-methyl/N-ethyl adjacent to an activating group) is 1. The van der Waals surface area contributed by atoms with Crippen molar-refractivity contribution in [3.63, 3.8) is 0 Å². The van der Waals surface area contributed by atoms with E-state index in [9.17, 15) is 4.79 Å². The van der Waals surface area contributed by atoms with Gasteiger partial charge in [0.25, 0.3) is 0 Å². The second-order valence-corrected chi connectivity index (χ2v) is 5.80. The van der Waals surface area contributed by atoms with Gasteiger partial charge in [0.05, 0.1) is 11.1 Å². The molecule has 0 aliphatic heterocycles. The van der Waals surface area contributed by atoms with Gasteiger partial charge in [-0.15, -0.1) is 0 Å². The van der Waals surface area contributed by atoms with E-state index in [0.29, 0.717) is 10.8 Å². The zero-order valence-electron chi connectivity index (χ0n) is 11.4. The van der Waals surface area contributed by atoms with Crippen LogP contribution in [-0.2, 0) is 10.2 Å². The standard InChI is InChI=1S/C15H15ClN2O2/c1-18(2)14(19)15(7-8-15)13-9-12(20-17-13)10-3-5-11(16)6-4-10/h3-6,9H,7-8H2,1-2H3. The van der Waals surface area contributed by atoms with E-state index in [4.69, 9.17) is 16.1 Å². The molecule has 2 aromatic rings. The van der Waals surface area contributed by atoms with Gasteiger partial charge in [0.15, 0.2) is 5.76 Å². The molecule has 1 amide bonds. The number of rotatable bonds is 3. The van der Waals surface area contributed by atoms with Gasteiger partial charge in [0.2, 0.25) is 5.91 Å². The van der Waals surface area contributed by atoms with E-state index >= 15 is 0 Å². The fraction of sp³-hybridized carbons (Fsp3) is 0.333. The number of hydrogen-bond acceptors (Lipinski definition) is 3. The second kappa shape index (κ2) is 4.63. The van der Waals surface area contributed by atoms with Crippen molar-refractivity contribution in [2.75, 3.05) is 14.1 Å². The van der Waals surface area contributed by atoms with Gasteiger partial charge < -0.3 is 9.42 Å². The van der Waals surface area contributed by atoms with E-state index in [2.05, 4.69) is 5.16 Å². The molecule has 1 aliphatic carbocycles. The summed E-state index contributed by atoms with van der Waals surface area (Å²) in [5.41, 5.74) is 1.15. The lowest BCUT2D eigenvalue weighted by atomic mass is 10.00. The smallest absolute Gasteiger partial charge is 0.234 e. The van der Waals surface area contributed by atoms with Crippen LogP contribution in [-0.4, -0.2) is 30.1 Å². The normalized spacial score (nSPS) is 15.9. The third kappa shape index (κ3) is 2.10. The highest BCUT2D eigenvalue weighted by Gasteiger charge is 2.54. The number of carbonyl (C=O) groups is 1. The first-order valence-electron chi connectivity index (χ1n) is 6.48. The van der Waals surface area contributed by atoms with Gasteiger partial charge in [-0.2, -0.15) is 0 Å². The summed E-state index contributed by atoms with van der Waals surface area (Å²) in [4.78, 5) is 13.9. The van der Waals surface area contributed by atoms with E-state index in [1.807, 2.05) is 18.2 Å². The van der Waals surface area contributed by atoms with Crippen LogP contribution >= 0.6 is 11.6 Å². The first-order valence-corrected chi connectivity index (χ1v) is 6.86. The molecule has 0 N–H and O–H groups in total. The summed E-state index contributed by atoms with van der Waals surface area (Å²) in [5.74, 6) is 0.753. The van der Waals surface area contributed by atoms with E-state index in [1.165, 1.54) is 0 Å². The second-order valence-electron chi connectivity index (χ2n) is 5.36. The van der Waals surface area contributed by atoms with Crippen LogP contribution in [0, 0.1) is 0 Å². The Kier molecular flexibility index (Phi) is 3.05. The van der Waals surface area contributed by atoms with Crippen molar-refractivity contribution < 1.29 is 9.32 Å². The fourth-order valence-electron chi connectivity index (χ4n) is 2.38. The van der Waals surface area contributed by atoms with Gasteiger partial charge in [-0.3, -0.25) is 4.79 Å². The Morgan fingerprint density at radius 3 is 2.50 bits per heavy atom. The summed E-state index contributed by atoms with van der Waals surface area (Å²) in [6.07, 6.45) is 1.66. The van der Waals surface area contributed by atoms with Crippen molar-refractivity contribution in [1.82, 2.24) is 10.1 Å². The van der Waals surface area contributed by atoms with Crippen LogP contribution in [0.5, 0.6) is 0 Å². The van der Waals surface area contributed by atoms with Gasteiger partial charge in [-0.25, -0.2) is 0 Å². The van der Waals surface area contributed by atoms with Crippen LogP contribution < -0.4 is 0 Å². The fourth-order valence-corrected chi connectivity index (χ4v) is 2.51. The van der Waals surface area contributed by atoms with Crippen LogP contribution in [0.4, 0.5) is 0 Å². The highest BCUT2D eigenvalue weighted by atomic mass is 35.5. The average molecular weight is 291 g/mol. The maximum Gasteiger partial charge on any atom is 0.234 e. The van der Waals surface area contributed by atoms with E-state index < -0.39 is 5.41 Å². The van der Waals surface area contributed by atoms with E-state index in [0.717, 1.165) is 24.1 Å². The molecule has 1 aromatic carbocycles. The topological polar surface area (TPSA) is 46.3 Å². The number of halogens is 1. The Hall–Kier alpha value is -1.81. The monoisotopic (exact) mass is 290 g/mol. The highest BCUT2D eigenvalue weighted by molar-refractivity contribution is 6.30. The molecule has 1 aliphatic rings. The molecule has 20 heavy (non-hydrogen) atoms. The van der Waals surface area contributed by atoms with Crippen molar-refractivity contribution in [3.8, 4) is 11.3 Å². The summed E-state index contributed by atoms with van der Waals surface area (Å²) in [6.45, 7) is 0. The Balaban J connectivity index is 1.91. The van der Waals surface area contributed by atoms with Crippen molar-refractivity contribution in [2.45, 2.75) is 18.3 Å². The van der Waals surface area contributed by atoms with Gasteiger partial charge >= 0.3 is 0 Å². The number of benzene rings is 1. The molecule has 1 aromatic heterocycles. The quantitative estimate of drug-likeness (QED) is 0.872. The minimum atomic E-state index is -0.475. The lowest BCUT2D eigenvalue weighted by molar-refractivity contribution is -0.131. The molecule has 0 spiro atoms. The van der Waals surface area contributed by atoms with Crippen LogP contribution in [0.25, 0.3) is 11.3 Å². The molecule has 1 heterocycles. The molecule has 104 valence electrons. The Morgan fingerprint density at radius 2 is 1.95 bits per heavy atom. The molecule has 4 nitrogen and oxygen atoms in total. The van der Waals surface area contributed by atoms with Gasteiger partial charge in [-0.1, -0.05) is 16.8 Å². The van der Waals surface area contributed by atoms with E-state index in [1.54, 1.807) is 31.1 Å². The van der Waals surface area contributed by atoms with Crippen LogP contribution in [0.3, 0.4) is 0 Å². The van der Waals surface area contributed by atoms with Crippen molar-refractivity contribution in [1.29, 1.82) is 0 Å². The summed E-state index contributed by atoms with van der Waals surface area (Å²) in [7, 11) is 3.53. The number of aromatic nitrogens is 1. The first kappa shape index (κ1) is 13.2. The molecule has 0 radical (unpaired) electrons. The molecule has 0 atom stereocenters. The first-order chi connectivity index (χ1) is 9.53. The summed E-state index contributed by atoms with van der Waals surface area (Å²) < 4.78 is 5.38. The van der Waals surface area contributed by atoms with Crippen molar-refractivity contribution in [2.24, 2.45) is 0 Å². The lowest BCUT2D eigenvalue weighted by Gasteiger charge is -2.16. The molecule has 0 saturated heterocycles. The van der Waals surface area contributed by atoms with Gasteiger partial charge in [0, 0.05) is 30.7 Å². The largest absolute Gasteiger partial charge is 0.356 e. The molecular formula is C15H15ClN2O2. The number of hydrogen-bond donors (Lipinski definition) is 0. The minimum Gasteiger partial charge on any atom is -0.356 e. The van der Waals surface area contributed by atoms with Crippen molar-refractivity contribution in [3.05, 3.63) is 41.0 Å². The third-order valence-corrected chi connectivity index (χ3v) is 3.95. The molecule has 5 heteroatoms. The summed E-state index contributed by atoms with van der Waals surface area (Å²) in [5, 5.41) is 4.77. The molecule has 3 rings (SSSR count). The maximum atomic E-state index is 12.2. The zero-order valence-corrected chi connectivity index (χ0v) is 12.1. The number of nitrogens with zero attached hydrogens (tertiary/aromatic N) is 2. The third-order valence-electron chi connectivity index (χ3n) is 3.69. The Morgan fingerprint density at radius 1 is 1.30 bits per heavy atom. The van der Waals surface area contributed by atoms with Crippen LogP contribution in [0.15, 0.2) is 34.9 Å². The Bertz CT molecular complexity index is 642. The molecule has 1 fully saturated rings. The predicted molar refractivity (Wildman–Crippen MR) is 76.6 cm³/mol. The van der Waals surface area contributed by atoms with Gasteiger partial charge in [-0.05, 0) is 37.1 Å². The summed E-state index contributed by atoms with van der Waals surface area (Å²) in [6, 6.07) is 9.21. The number of carbonyl (C=O) groups excluding carboxylic acids is 1. The lowest BCUT2D eigenvalue weighted by Crippen LogP contribution is -2.33. The van der Waals surface area contributed by atoms with Crippen molar-refractivity contribution >= 4 is 17.5 Å². The molecular weight excluding hydrogens is 276 g/mol. The van der Waals surface area contributed by atoms with E-state index in [-0.39, 0.29) is 5.91 Å². The van der Waals surface area contributed by atoms with Crippen LogP contribution in [0.2, 0.25) is 5.02 Å². The molecule has 0 unspecified atom stereocenters. The van der Waals surface area contributed by atoms with Crippen LogP contribution in [0.1, 0.15) is 18.5 Å². The molecule has 0 bridgehead atoms. The zero-order chi connectivity index (χ0) is 14.3. The molecule has 1 saturated carbocycles. The minimum absolute atomic E-state index is 0.0912. The van der Waals surface area contributed by atoms with Gasteiger partial charge in [0.1, 0.15) is 0 Å².